The molecule has 3 heteroatoms. The maximum absolute atomic E-state index is 6.41. The monoisotopic (exact) mass is 373 g/mol. The van der Waals surface area contributed by atoms with E-state index in [1.165, 1.54) is 50.5 Å². The molecule has 0 aliphatic rings. The summed E-state index contributed by atoms with van der Waals surface area (Å²) in [5, 5.41) is 4.51. The first-order valence-electron chi connectivity index (χ1n) is 8.37. The van der Waals surface area contributed by atoms with Crippen LogP contribution in [-0.2, 0) is 0 Å². The van der Waals surface area contributed by atoms with Crippen LogP contribution in [0.1, 0.15) is 76.8 Å². The van der Waals surface area contributed by atoms with E-state index < -0.39 is 0 Å². The first-order valence-corrected chi connectivity index (χ1v) is 9.54. The fraction of sp³-hybridized carbons (Fsp3) is 0.667. The Kier molecular flexibility index (Phi) is 10.4. The first kappa shape index (κ1) is 19.0. The van der Waals surface area contributed by atoms with Crippen molar-refractivity contribution in [1.82, 2.24) is 5.32 Å². The highest BCUT2D eigenvalue weighted by Gasteiger charge is 2.13. The molecule has 0 heterocycles. The molecule has 1 rings (SSSR count). The smallest absolute Gasteiger partial charge is 0.0465 e. The summed E-state index contributed by atoms with van der Waals surface area (Å²) >= 11 is 9.90. The Morgan fingerprint density at radius 3 is 2.43 bits per heavy atom. The minimum absolute atomic E-state index is 0.386. The van der Waals surface area contributed by atoms with Crippen molar-refractivity contribution in [2.45, 2.75) is 71.3 Å². The van der Waals surface area contributed by atoms with Gasteiger partial charge in [-0.2, -0.15) is 0 Å². The second-order valence-corrected chi connectivity index (χ2v) is 7.05. The number of rotatable bonds is 11. The Balaban J connectivity index is 2.50. The van der Waals surface area contributed by atoms with Crippen LogP contribution in [0, 0.1) is 0 Å². The molecule has 0 aliphatic heterocycles. The van der Waals surface area contributed by atoms with Crippen molar-refractivity contribution < 1.29 is 0 Å². The molecule has 0 saturated heterocycles. The van der Waals surface area contributed by atoms with E-state index in [1.54, 1.807) is 0 Å². The highest BCUT2D eigenvalue weighted by Crippen LogP contribution is 2.29. The summed E-state index contributed by atoms with van der Waals surface area (Å²) in [5.74, 6) is 0. The lowest BCUT2D eigenvalue weighted by atomic mass is 9.99. The molecule has 0 radical (unpaired) electrons. The minimum Gasteiger partial charge on any atom is -0.310 e. The lowest BCUT2D eigenvalue weighted by Gasteiger charge is -2.20. The lowest BCUT2D eigenvalue weighted by Crippen LogP contribution is -2.22. The van der Waals surface area contributed by atoms with Gasteiger partial charge in [0.25, 0.3) is 0 Å². The second kappa shape index (κ2) is 11.5. The summed E-state index contributed by atoms with van der Waals surface area (Å²) in [4.78, 5) is 0. The Morgan fingerprint density at radius 1 is 1.05 bits per heavy atom. The molecule has 1 unspecified atom stereocenters. The molecule has 0 saturated carbocycles. The van der Waals surface area contributed by atoms with Gasteiger partial charge < -0.3 is 5.32 Å². The van der Waals surface area contributed by atoms with E-state index in [9.17, 15) is 0 Å². The van der Waals surface area contributed by atoms with Crippen molar-refractivity contribution in [3.63, 3.8) is 0 Å². The average Bonchev–Trinajstić information content (AvgIpc) is 2.46. The molecule has 21 heavy (non-hydrogen) atoms. The predicted octanol–water partition coefficient (Wildman–Crippen LogP) is 6.89. The molecule has 0 aromatic heterocycles. The van der Waals surface area contributed by atoms with Crippen LogP contribution in [0.25, 0.3) is 0 Å². The minimum atomic E-state index is 0.386. The summed E-state index contributed by atoms with van der Waals surface area (Å²) in [6, 6.07) is 6.62. The van der Waals surface area contributed by atoms with Crippen LogP contribution >= 0.6 is 27.5 Å². The average molecular weight is 375 g/mol. The molecule has 1 nitrogen and oxygen atoms in total. The van der Waals surface area contributed by atoms with Gasteiger partial charge in [-0.15, -0.1) is 0 Å². The molecule has 0 fully saturated rings. The molecular formula is C18H29BrClN. The summed E-state index contributed by atoms with van der Waals surface area (Å²) in [6.07, 6.45) is 10.4. The van der Waals surface area contributed by atoms with Crippen molar-refractivity contribution in [3.05, 3.63) is 33.3 Å². The van der Waals surface area contributed by atoms with Crippen LogP contribution in [0.2, 0.25) is 5.02 Å². The predicted molar refractivity (Wildman–Crippen MR) is 98.2 cm³/mol. The molecule has 0 spiro atoms. The van der Waals surface area contributed by atoms with Crippen LogP contribution < -0.4 is 5.32 Å². The fourth-order valence-corrected chi connectivity index (χ4v) is 3.40. The highest BCUT2D eigenvalue weighted by molar-refractivity contribution is 9.10. The van der Waals surface area contributed by atoms with Gasteiger partial charge in [0.1, 0.15) is 0 Å². The summed E-state index contributed by atoms with van der Waals surface area (Å²) in [7, 11) is 0. The Labute approximate surface area is 144 Å². The zero-order chi connectivity index (χ0) is 15.5. The van der Waals surface area contributed by atoms with E-state index in [-0.39, 0.29) is 0 Å². The van der Waals surface area contributed by atoms with Crippen LogP contribution in [0.15, 0.2) is 22.7 Å². The normalized spacial score (nSPS) is 12.6. The molecule has 0 amide bonds. The SMILES string of the molecule is CCCCCCCCC(NCCC)c1ccc(Br)cc1Cl. The van der Waals surface area contributed by atoms with Gasteiger partial charge in [-0.1, -0.05) is 86.0 Å². The fourth-order valence-electron chi connectivity index (χ4n) is 2.60. The Hall–Kier alpha value is -0.0500. The molecule has 1 atom stereocenters. The molecule has 1 aromatic carbocycles. The highest BCUT2D eigenvalue weighted by atomic mass is 79.9. The zero-order valence-corrected chi connectivity index (χ0v) is 15.8. The number of nitrogens with one attached hydrogen (secondary N) is 1. The van der Waals surface area contributed by atoms with Gasteiger partial charge >= 0.3 is 0 Å². The Morgan fingerprint density at radius 2 is 1.76 bits per heavy atom. The van der Waals surface area contributed by atoms with Crippen LogP contribution in [0.5, 0.6) is 0 Å². The molecule has 0 bridgehead atoms. The second-order valence-electron chi connectivity index (χ2n) is 5.73. The molecular weight excluding hydrogens is 346 g/mol. The quantitative estimate of drug-likeness (QED) is 0.416. The van der Waals surface area contributed by atoms with Gasteiger partial charge in [0, 0.05) is 15.5 Å². The first-order chi connectivity index (χ1) is 10.2. The largest absolute Gasteiger partial charge is 0.310 e. The maximum atomic E-state index is 6.41. The Bertz CT molecular complexity index is 395. The van der Waals surface area contributed by atoms with E-state index in [2.05, 4.69) is 47.2 Å². The third-order valence-corrected chi connectivity index (χ3v) is 4.65. The van der Waals surface area contributed by atoms with Crippen molar-refractivity contribution in [2.75, 3.05) is 6.54 Å². The topological polar surface area (TPSA) is 12.0 Å². The van der Waals surface area contributed by atoms with E-state index in [0.717, 1.165) is 22.5 Å². The van der Waals surface area contributed by atoms with Crippen LogP contribution in [0.4, 0.5) is 0 Å². The summed E-state index contributed by atoms with van der Waals surface area (Å²) in [6.45, 7) is 5.52. The van der Waals surface area contributed by atoms with Crippen molar-refractivity contribution in [3.8, 4) is 0 Å². The summed E-state index contributed by atoms with van der Waals surface area (Å²) in [5.41, 5.74) is 1.24. The zero-order valence-electron chi connectivity index (χ0n) is 13.4. The van der Waals surface area contributed by atoms with Gasteiger partial charge in [0.05, 0.1) is 0 Å². The molecule has 0 aliphatic carbocycles. The standard InChI is InChI=1S/C18H29BrClN/c1-3-5-6-7-8-9-10-18(21-13-4-2)16-12-11-15(19)14-17(16)20/h11-12,14,18,21H,3-10,13H2,1-2H3. The van der Waals surface area contributed by atoms with E-state index >= 15 is 0 Å². The van der Waals surface area contributed by atoms with Gasteiger partial charge in [0.2, 0.25) is 0 Å². The number of hydrogen-bond acceptors (Lipinski definition) is 1. The number of benzene rings is 1. The molecule has 1 N–H and O–H groups in total. The van der Waals surface area contributed by atoms with Gasteiger partial charge in [-0.3, -0.25) is 0 Å². The van der Waals surface area contributed by atoms with Crippen molar-refractivity contribution in [2.24, 2.45) is 0 Å². The van der Waals surface area contributed by atoms with Crippen molar-refractivity contribution in [1.29, 1.82) is 0 Å². The molecule has 1 aromatic rings. The van der Waals surface area contributed by atoms with Crippen LogP contribution in [-0.4, -0.2) is 6.54 Å². The van der Waals surface area contributed by atoms with Gasteiger partial charge in [-0.05, 0) is 37.1 Å². The molecule has 120 valence electrons. The van der Waals surface area contributed by atoms with Gasteiger partial charge in [-0.25, -0.2) is 0 Å². The van der Waals surface area contributed by atoms with E-state index in [0.29, 0.717) is 6.04 Å². The van der Waals surface area contributed by atoms with Crippen molar-refractivity contribution >= 4 is 27.5 Å². The third kappa shape index (κ3) is 7.67. The number of unbranched alkanes of at least 4 members (excludes halogenated alkanes) is 5. The summed E-state index contributed by atoms with van der Waals surface area (Å²) < 4.78 is 1.05. The number of hydrogen-bond donors (Lipinski definition) is 1. The number of halogens is 2. The third-order valence-electron chi connectivity index (χ3n) is 3.83. The maximum Gasteiger partial charge on any atom is 0.0465 e. The van der Waals surface area contributed by atoms with Crippen LogP contribution in [0.3, 0.4) is 0 Å². The van der Waals surface area contributed by atoms with E-state index in [4.69, 9.17) is 11.6 Å². The lowest BCUT2D eigenvalue weighted by molar-refractivity contribution is 0.466. The van der Waals surface area contributed by atoms with E-state index in [1.807, 2.05) is 6.07 Å². The van der Waals surface area contributed by atoms with Gasteiger partial charge in [0.15, 0.2) is 0 Å².